The molecular formula is C15H22FN3O. The second-order valence-corrected chi connectivity index (χ2v) is 5.24. The maximum Gasteiger partial charge on any atom is 0.254 e. The van der Waals surface area contributed by atoms with Gasteiger partial charge < -0.3 is 15.5 Å². The number of halogens is 1. The lowest BCUT2D eigenvalue weighted by atomic mass is 10.1. The minimum Gasteiger partial charge on any atom is -0.337 e. The standard InChI is InChI=1S/C15H22FN3O/c1-12-3-4-13(16)11-14(12)15(20)19-7-2-6-18(8-5-17)9-10-19/h3-4,11H,2,5-10,17H2,1H3. The molecule has 2 N–H and O–H groups in total. The molecule has 20 heavy (non-hydrogen) atoms. The number of carbonyl (C=O) groups excluding carboxylic acids is 1. The summed E-state index contributed by atoms with van der Waals surface area (Å²) in [6.07, 6.45) is 0.931. The first kappa shape index (κ1) is 14.9. The first-order valence-electron chi connectivity index (χ1n) is 7.09. The predicted octanol–water partition coefficient (Wildman–Crippen LogP) is 1.24. The average molecular weight is 279 g/mol. The van der Waals surface area contributed by atoms with Crippen molar-refractivity contribution in [3.05, 3.63) is 35.1 Å². The number of hydrogen-bond donors (Lipinski definition) is 1. The van der Waals surface area contributed by atoms with Gasteiger partial charge in [0.1, 0.15) is 5.82 Å². The normalized spacial score (nSPS) is 17.1. The largest absolute Gasteiger partial charge is 0.337 e. The monoisotopic (exact) mass is 279 g/mol. The van der Waals surface area contributed by atoms with Crippen molar-refractivity contribution in [2.75, 3.05) is 39.3 Å². The van der Waals surface area contributed by atoms with Gasteiger partial charge in [-0.15, -0.1) is 0 Å². The topological polar surface area (TPSA) is 49.6 Å². The molecule has 0 atom stereocenters. The van der Waals surface area contributed by atoms with Crippen molar-refractivity contribution in [2.45, 2.75) is 13.3 Å². The summed E-state index contributed by atoms with van der Waals surface area (Å²) >= 11 is 0. The lowest BCUT2D eigenvalue weighted by Crippen LogP contribution is -2.36. The van der Waals surface area contributed by atoms with Gasteiger partial charge in [0.05, 0.1) is 0 Å². The molecule has 1 heterocycles. The maximum absolute atomic E-state index is 13.3. The molecule has 5 heteroatoms. The van der Waals surface area contributed by atoms with Crippen LogP contribution in [0, 0.1) is 12.7 Å². The van der Waals surface area contributed by atoms with Crippen molar-refractivity contribution < 1.29 is 9.18 Å². The van der Waals surface area contributed by atoms with Gasteiger partial charge in [-0.3, -0.25) is 4.79 Å². The number of nitrogens with zero attached hydrogens (tertiary/aromatic N) is 2. The van der Waals surface area contributed by atoms with Gasteiger partial charge in [0, 0.05) is 38.3 Å². The summed E-state index contributed by atoms with van der Waals surface area (Å²) in [7, 11) is 0. The summed E-state index contributed by atoms with van der Waals surface area (Å²) in [5.41, 5.74) is 6.86. The van der Waals surface area contributed by atoms with Crippen LogP contribution in [0.5, 0.6) is 0 Å². The molecule has 1 aliphatic rings. The molecule has 0 aliphatic carbocycles. The Kier molecular flexibility index (Phi) is 5.09. The highest BCUT2D eigenvalue weighted by atomic mass is 19.1. The smallest absolute Gasteiger partial charge is 0.254 e. The highest BCUT2D eigenvalue weighted by molar-refractivity contribution is 5.95. The zero-order valence-electron chi connectivity index (χ0n) is 11.9. The number of carbonyl (C=O) groups is 1. The fraction of sp³-hybridized carbons (Fsp3) is 0.533. The number of aryl methyl sites for hydroxylation is 1. The van der Waals surface area contributed by atoms with Crippen LogP contribution in [0.3, 0.4) is 0 Å². The van der Waals surface area contributed by atoms with E-state index in [1.165, 1.54) is 12.1 Å². The van der Waals surface area contributed by atoms with Crippen LogP contribution in [-0.2, 0) is 0 Å². The van der Waals surface area contributed by atoms with E-state index in [9.17, 15) is 9.18 Å². The molecule has 4 nitrogen and oxygen atoms in total. The molecule has 110 valence electrons. The van der Waals surface area contributed by atoms with Gasteiger partial charge in [-0.1, -0.05) is 6.07 Å². The van der Waals surface area contributed by atoms with Gasteiger partial charge in [-0.25, -0.2) is 4.39 Å². The molecule has 0 bridgehead atoms. The second kappa shape index (κ2) is 6.81. The third-order valence-electron chi connectivity index (χ3n) is 3.75. The first-order valence-corrected chi connectivity index (χ1v) is 7.09. The number of benzene rings is 1. The quantitative estimate of drug-likeness (QED) is 0.905. The van der Waals surface area contributed by atoms with Crippen LogP contribution in [0.25, 0.3) is 0 Å². The van der Waals surface area contributed by atoms with Gasteiger partial charge in [-0.2, -0.15) is 0 Å². The lowest BCUT2D eigenvalue weighted by Gasteiger charge is -2.22. The van der Waals surface area contributed by atoms with Crippen LogP contribution in [0.2, 0.25) is 0 Å². The Balaban J connectivity index is 2.07. The van der Waals surface area contributed by atoms with E-state index < -0.39 is 0 Å². The van der Waals surface area contributed by atoms with Crippen molar-refractivity contribution in [2.24, 2.45) is 5.73 Å². The lowest BCUT2D eigenvalue weighted by molar-refractivity contribution is 0.0760. The van der Waals surface area contributed by atoms with Gasteiger partial charge in [-0.05, 0) is 37.6 Å². The van der Waals surface area contributed by atoms with Crippen LogP contribution in [0.15, 0.2) is 18.2 Å². The summed E-state index contributed by atoms with van der Waals surface area (Å²) in [6.45, 7) is 6.52. The van der Waals surface area contributed by atoms with Gasteiger partial charge in [0.25, 0.3) is 5.91 Å². The Labute approximate surface area is 119 Å². The molecule has 1 aromatic rings. The molecule has 0 saturated carbocycles. The Morgan fingerprint density at radius 2 is 2.10 bits per heavy atom. The third kappa shape index (κ3) is 3.55. The predicted molar refractivity (Wildman–Crippen MR) is 77.2 cm³/mol. The zero-order chi connectivity index (χ0) is 14.5. The molecule has 0 aromatic heterocycles. The van der Waals surface area contributed by atoms with E-state index in [0.717, 1.165) is 38.2 Å². The average Bonchev–Trinajstić information content (AvgIpc) is 2.67. The van der Waals surface area contributed by atoms with Crippen LogP contribution in [0.4, 0.5) is 4.39 Å². The fourth-order valence-corrected chi connectivity index (χ4v) is 2.58. The SMILES string of the molecule is Cc1ccc(F)cc1C(=O)N1CCCN(CCN)CC1. The van der Waals surface area contributed by atoms with E-state index in [1.807, 2.05) is 11.8 Å². The molecule has 1 saturated heterocycles. The van der Waals surface area contributed by atoms with Crippen LogP contribution < -0.4 is 5.73 Å². The van der Waals surface area contributed by atoms with Gasteiger partial charge in [0.15, 0.2) is 0 Å². The molecule has 2 rings (SSSR count). The van der Waals surface area contributed by atoms with E-state index in [-0.39, 0.29) is 11.7 Å². The Hall–Kier alpha value is -1.46. The van der Waals surface area contributed by atoms with E-state index in [4.69, 9.17) is 5.73 Å². The number of nitrogens with two attached hydrogens (primary N) is 1. The highest BCUT2D eigenvalue weighted by Gasteiger charge is 2.21. The zero-order valence-corrected chi connectivity index (χ0v) is 11.9. The van der Waals surface area contributed by atoms with Crippen molar-refractivity contribution >= 4 is 5.91 Å². The molecule has 1 aromatic carbocycles. The van der Waals surface area contributed by atoms with Crippen LogP contribution in [-0.4, -0.2) is 55.0 Å². The summed E-state index contributed by atoms with van der Waals surface area (Å²) in [6, 6.07) is 4.37. The summed E-state index contributed by atoms with van der Waals surface area (Å²) < 4.78 is 13.3. The Morgan fingerprint density at radius 1 is 1.30 bits per heavy atom. The number of hydrogen-bond acceptors (Lipinski definition) is 3. The van der Waals surface area contributed by atoms with E-state index in [0.29, 0.717) is 18.7 Å². The molecule has 1 fully saturated rings. The molecule has 1 aliphatic heterocycles. The minimum absolute atomic E-state index is 0.0726. The van der Waals surface area contributed by atoms with Crippen molar-refractivity contribution in [3.8, 4) is 0 Å². The fourth-order valence-electron chi connectivity index (χ4n) is 2.58. The van der Waals surface area contributed by atoms with Crippen LogP contribution >= 0.6 is 0 Å². The Morgan fingerprint density at radius 3 is 2.85 bits per heavy atom. The molecule has 1 amide bonds. The van der Waals surface area contributed by atoms with Gasteiger partial charge >= 0.3 is 0 Å². The van der Waals surface area contributed by atoms with Crippen molar-refractivity contribution in [1.29, 1.82) is 0 Å². The number of amides is 1. The molecular weight excluding hydrogens is 257 g/mol. The second-order valence-electron chi connectivity index (χ2n) is 5.24. The molecule has 0 radical (unpaired) electrons. The Bertz CT molecular complexity index is 478. The highest BCUT2D eigenvalue weighted by Crippen LogP contribution is 2.14. The van der Waals surface area contributed by atoms with E-state index in [2.05, 4.69) is 4.90 Å². The summed E-state index contributed by atoms with van der Waals surface area (Å²) in [5, 5.41) is 0. The van der Waals surface area contributed by atoms with Crippen LogP contribution in [0.1, 0.15) is 22.3 Å². The van der Waals surface area contributed by atoms with Crippen molar-refractivity contribution in [1.82, 2.24) is 9.80 Å². The summed E-state index contributed by atoms with van der Waals surface area (Å²) in [4.78, 5) is 16.6. The van der Waals surface area contributed by atoms with Gasteiger partial charge in [0.2, 0.25) is 0 Å². The van der Waals surface area contributed by atoms with Crippen molar-refractivity contribution in [3.63, 3.8) is 0 Å². The maximum atomic E-state index is 13.3. The molecule has 0 unspecified atom stereocenters. The summed E-state index contributed by atoms with van der Waals surface area (Å²) in [5.74, 6) is -0.435. The van der Waals surface area contributed by atoms with E-state index in [1.54, 1.807) is 6.07 Å². The third-order valence-corrected chi connectivity index (χ3v) is 3.75. The molecule has 0 spiro atoms. The minimum atomic E-state index is -0.362. The first-order chi connectivity index (χ1) is 9.61. The van der Waals surface area contributed by atoms with E-state index >= 15 is 0 Å². The number of rotatable bonds is 3.